The summed E-state index contributed by atoms with van der Waals surface area (Å²) in [6.45, 7) is 2.10. The Kier molecular flexibility index (Phi) is 4.35. The quantitative estimate of drug-likeness (QED) is 0.690. The Balaban J connectivity index is 2.08. The number of aliphatic hydroxyl groups is 1. The molecule has 1 amide bonds. The van der Waals surface area contributed by atoms with Gasteiger partial charge in [0.05, 0.1) is 22.1 Å². The number of carboxylic acid groups (broad SMARTS) is 1. The molecule has 25 heavy (non-hydrogen) atoms. The van der Waals surface area contributed by atoms with E-state index >= 15 is 0 Å². The second kappa shape index (κ2) is 6.09. The SMILES string of the molecule is C[C@]12CCCN1N(Cc1c(Cl)cc(O)cc1Cl)C(=O)C(C(=O)O)=C2O. The van der Waals surface area contributed by atoms with Gasteiger partial charge in [-0.3, -0.25) is 9.80 Å². The lowest BCUT2D eigenvalue weighted by atomic mass is 9.91. The first-order valence-corrected chi connectivity index (χ1v) is 8.35. The predicted molar refractivity (Wildman–Crippen MR) is 90.3 cm³/mol. The summed E-state index contributed by atoms with van der Waals surface area (Å²) in [5, 5.41) is 32.5. The molecule has 1 atom stereocenters. The highest BCUT2D eigenvalue weighted by Gasteiger charge is 2.52. The van der Waals surface area contributed by atoms with Crippen molar-refractivity contribution in [2.45, 2.75) is 31.8 Å². The van der Waals surface area contributed by atoms with Crippen molar-refractivity contribution in [3.63, 3.8) is 0 Å². The Morgan fingerprint density at radius 2 is 1.88 bits per heavy atom. The Morgan fingerprint density at radius 3 is 2.44 bits per heavy atom. The number of carbonyl (C=O) groups excluding carboxylic acids is 1. The number of hydrazine groups is 1. The molecular formula is C16H16Cl2N2O5. The fourth-order valence-electron chi connectivity index (χ4n) is 3.43. The number of halogens is 2. The van der Waals surface area contributed by atoms with Gasteiger partial charge in [0.1, 0.15) is 11.5 Å². The number of hydrogen-bond donors (Lipinski definition) is 3. The van der Waals surface area contributed by atoms with E-state index in [0.29, 0.717) is 24.9 Å². The van der Waals surface area contributed by atoms with Gasteiger partial charge in [0.25, 0.3) is 5.91 Å². The maximum atomic E-state index is 12.7. The number of hydrogen-bond acceptors (Lipinski definition) is 5. The van der Waals surface area contributed by atoms with Crippen LogP contribution < -0.4 is 0 Å². The van der Waals surface area contributed by atoms with Crippen molar-refractivity contribution >= 4 is 35.1 Å². The summed E-state index contributed by atoms with van der Waals surface area (Å²) in [5.74, 6) is -2.85. The molecule has 0 unspecified atom stereocenters. The molecule has 0 aromatic heterocycles. The summed E-state index contributed by atoms with van der Waals surface area (Å²) in [6.07, 6.45) is 1.20. The molecule has 2 aliphatic heterocycles. The highest BCUT2D eigenvalue weighted by atomic mass is 35.5. The van der Waals surface area contributed by atoms with Crippen molar-refractivity contribution in [1.29, 1.82) is 0 Å². The maximum absolute atomic E-state index is 12.7. The molecule has 0 radical (unpaired) electrons. The average molecular weight is 387 g/mol. The third-order valence-corrected chi connectivity index (χ3v) is 5.41. The van der Waals surface area contributed by atoms with E-state index in [1.165, 1.54) is 17.1 Å². The number of nitrogens with zero attached hydrogens (tertiary/aromatic N) is 2. The molecule has 1 aromatic carbocycles. The number of aromatic hydroxyl groups is 1. The number of amides is 1. The highest BCUT2D eigenvalue weighted by Crippen LogP contribution is 2.42. The van der Waals surface area contributed by atoms with E-state index in [1.807, 2.05) is 0 Å². The molecule has 1 aromatic rings. The van der Waals surface area contributed by atoms with Crippen LogP contribution in [0.3, 0.4) is 0 Å². The summed E-state index contributed by atoms with van der Waals surface area (Å²) >= 11 is 12.3. The van der Waals surface area contributed by atoms with E-state index in [1.54, 1.807) is 11.9 Å². The average Bonchev–Trinajstić information content (AvgIpc) is 2.89. The fourth-order valence-corrected chi connectivity index (χ4v) is 4.02. The molecule has 1 saturated heterocycles. The molecule has 1 fully saturated rings. The fraction of sp³-hybridized carbons (Fsp3) is 0.375. The molecule has 0 saturated carbocycles. The van der Waals surface area contributed by atoms with E-state index < -0.39 is 28.7 Å². The second-order valence-corrected chi connectivity index (χ2v) is 7.09. The van der Waals surface area contributed by atoms with Crippen LogP contribution >= 0.6 is 23.2 Å². The van der Waals surface area contributed by atoms with Gasteiger partial charge < -0.3 is 15.3 Å². The summed E-state index contributed by atoms with van der Waals surface area (Å²) in [7, 11) is 0. The summed E-state index contributed by atoms with van der Waals surface area (Å²) in [6, 6.07) is 2.59. The number of carbonyl (C=O) groups is 2. The summed E-state index contributed by atoms with van der Waals surface area (Å²) in [5.41, 5.74) is -1.24. The van der Waals surface area contributed by atoms with Crippen LogP contribution in [0.4, 0.5) is 0 Å². The van der Waals surface area contributed by atoms with Gasteiger partial charge in [0.15, 0.2) is 5.57 Å². The minimum Gasteiger partial charge on any atom is -0.509 e. The Bertz CT molecular complexity index is 787. The Labute approximate surface area is 153 Å². The van der Waals surface area contributed by atoms with Crippen molar-refractivity contribution < 1.29 is 24.9 Å². The number of fused-ring (bicyclic) bond motifs is 1. The molecule has 3 rings (SSSR count). The lowest BCUT2D eigenvalue weighted by Crippen LogP contribution is -2.60. The van der Waals surface area contributed by atoms with Crippen LogP contribution in [0.25, 0.3) is 0 Å². The number of aliphatic hydroxyl groups excluding tert-OH is 1. The van der Waals surface area contributed by atoms with E-state index in [0.717, 1.165) is 0 Å². The van der Waals surface area contributed by atoms with E-state index in [2.05, 4.69) is 0 Å². The van der Waals surface area contributed by atoms with Crippen molar-refractivity contribution in [1.82, 2.24) is 10.0 Å². The zero-order chi connectivity index (χ0) is 18.5. The minimum absolute atomic E-state index is 0.0730. The van der Waals surface area contributed by atoms with Gasteiger partial charge in [-0.2, -0.15) is 0 Å². The molecular weight excluding hydrogens is 371 g/mol. The first-order chi connectivity index (χ1) is 11.7. The van der Waals surface area contributed by atoms with Gasteiger partial charge in [-0.25, -0.2) is 9.80 Å². The standard InChI is InChI=1S/C16H16Cl2N2O5/c1-16-3-2-4-20(16)19(14(23)12(13(16)22)15(24)25)7-9-10(17)5-8(21)6-11(9)18/h5-6,21-22H,2-4,7H2,1H3,(H,24,25)/t16-/m1/s1. The molecule has 3 N–H and O–H groups in total. The lowest BCUT2D eigenvalue weighted by molar-refractivity contribution is -0.162. The van der Waals surface area contributed by atoms with Crippen LogP contribution in [0.2, 0.25) is 10.0 Å². The summed E-state index contributed by atoms with van der Waals surface area (Å²) in [4.78, 5) is 24.2. The largest absolute Gasteiger partial charge is 0.509 e. The minimum atomic E-state index is -1.48. The first kappa shape index (κ1) is 17.8. The smallest absolute Gasteiger partial charge is 0.344 e. The maximum Gasteiger partial charge on any atom is 0.344 e. The van der Waals surface area contributed by atoms with Crippen molar-refractivity contribution in [3.05, 3.63) is 39.1 Å². The zero-order valence-electron chi connectivity index (χ0n) is 13.3. The Morgan fingerprint density at radius 1 is 1.28 bits per heavy atom. The number of phenols is 1. The Hall–Kier alpha value is -1.96. The van der Waals surface area contributed by atoms with Gasteiger partial charge >= 0.3 is 5.97 Å². The second-order valence-electron chi connectivity index (χ2n) is 6.28. The van der Waals surface area contributed by atoms with Crippen LogP contribution in [0.1, 0.15) is 25.3 Å². The molecule has 9 heteroatoms. The number of benzene rings is 1. The third-order valence-electron chi connectivity index (χ3n) is 4.74. The molecule has 7 nitrogen and oxygen atoms in total. The number of carboxylic acids is 1. The zero-order valence-corrected chi connectivity index (χ0v) is 14.8. The predicted octanol–water partition coefficient (Wildman–Crippen LogP) is 2.71. The first-order valence-electron chi connectivity index (χ1n) is 7.60. The number of phenolic OH excluding ortho intramolecular Hbond substituents is 1. The van der Waals surface area contributed by atoms with E-state index in [-0.39, 0.29) is 22.3 Å². The lowest BCUT2D eigenvalue weighted by Gasteiger charge is -2.46. The van der Waals surface area contributed by atoms with Gasteiger partial charge in [0, 0.05) is 12.1 Å². The summed E-state index contributed by atoms with van der Waals surface area (Å²) < 4.78 is 0. The van der Waals surface area contributed by atoms with Gasteiger partial charge in [-0.05, 0) is 31.9 Å². The van der Waals surface area contributed by atoms with Crippen LogP contribution in [-0.4, -0.2) is 49.3 Å². The molecule has 0 aliphatic carbocycles. The highest BCUT2D eigenvalue weighted by molar-refractivity contribution is 6.36. The number of rotatable bonds is 3. The van der Waals surface area contributed by atoms with Gasteiger partial charge in [0.2, 0.25) is 0 Å². The van der Waals surface area contributed by atoms with Crippen LogP contribution in [0.5, 0.6) is 5.75 Å². The molecule has 2 heterocycles. The molecule has 0 spiro atoms. The van der Waals surface area contributed by atoms with E-state index in [4.69, 9.17) is 23.2 Å². The topological polar surface area (TPSA) is 101 Å². The van der Waals surface area contributed by atoms with Crippen LogP contribution in [0, 0.1) is 0 Å². The molecule has 0 bridgehead atoms. The number of aliphatic carboxylic acids is 1. The van der Waals surface area contributed by atoms with Crippen LogP contribution in [-0.2, 0) is 16.1 Å². The van der Waals surface area contributed by atoms with E-state index in [9.17, 15) is 24.9 Å². The van der Waals surface area contributed by atoms with Gasteiger partial charge in [-0.1, -0.05) is 23.2 Å². The van der Waals surface area contributed by atoms with Crippen LogP contribution in [0.15, 0.2) is 23.5 Å². The van der Waals surface area contributed by atoms with Crippen molar-refractivity contribution in [2.24, 2.45) is 0 Å². The molecule has 134 valence electrons. The monoisotopic (exact) mass is 386 g/mol. The molecule has 2 aliphatic rings. The van der Waals surface area contributed by atoms with Crippen molar-refractivity contribution in [3.8, 4) is 5.75 Å². The van der Waals surface area contributed by atoms with Crippen molar-refractivity contribution in [2.75, 3.05) is 6.54 Å². The van der Waals surface area contributed by atoms with Gasteiger partial charge in [-0.15, -0.1) is 0 Å². The third kappa shape index (κ3) is 2.72. The normalized spacial score (nSPS) is 24.0.